The van der Waals surface area contributed by atoms with Gasteiger partial charge < -0.3 is 16.4 Å². The SMILES string of the molecule is NC(=O)CN(c1cccnc1C(N)=S)C1CCCC1. The van der Waals surface area contributed by atoms with E-state index in [4.69, 9.17) is 23.7 Å². The molecule has 6 heteroatoms. The maximum Gasteiger partial charge on any atom is 0.236 e. The minimum atomic E-state index is -0.357. The number of nitrogens with two attached hydrogens (primary N) is 2. The van der Waals surface area contributed by atoms with Crippen molar-refractivity contribution >= 4 is 28.8 Å². The zero-order valence-corrected chi connectivity index (χ0v) is 11.5. The lowest BCUT2D eigenvalue weighted by atomic mass is 10.1. The van der Waals surface area contributed by atoms with Gasteiger partial charge in [-0.25, -0.2) is 0 Å². The Bertz CT molecular complexity index is 485. The smallest absolute Gasteiger partial charge is 0.236 e. The summed E-state index contributed by atoms with van der Waals surface area (Å²) in [5, 5.41) is 0. The average molecular weight is 278 g/mol. The fourth-order valence-corrected chi connectivity index (χ4v) is 2.77. The van der Waals surface area contributed by atoms with E-state index < -0.39 is 0 Å². The van der Waals surface area contributed by atoms with Gasteiger partial charge in [-0.3, -0.25) is 9.78 Å². The van der Waals surface area contributed by atoms with Crippen molar-refractivity contribution in [2.24, 2.45) is 11.5 Å². The Balaban J connectivity index is 2.36. The lowest BCUT2D eigenvalue weighted by molar-refractivity contribution is -0.116. The summed E-state index contributed by atoms with van der Waals surface area (Å²) in [6, 6.07) is 4.02. The number of hydrogen-bond donors (Lipinski definition) is 2. The third kappa shape index (κ3) is 3.20. The van der Waals surface area contributed by atoms with Crippen LogP contribution in [0.15, 0.2) is 18.3 Å². The van der Waals surface area contributed by atoms with Gasteiger partial charge in [-0.2, -0.15) is 0 Å². The number of amides is 1. The number of aromatic nitrogens is 1. The Kier molecular flexibility index (Phi) is 4.31. The van der Waals surface area contributed by atoms with E-state index in [1.807, 2.05) is 17.0 Å². The molecule has 0 spiro atoms. The van der Waals surface area contributed by atoms with Gasteiger partial charge in [0.15, 0.2) is 0 Å². The van der Waals surface area contributed by atoms with Crippen molar-refractivity contribution in [1.29, 1.82) is 0 Å². The molecular formula is C13H18N4OS. The monoisotopic (exact) mass is 278 g/mol. The fraction of sp³-hybridized carbons (Fsp3) is 0.462. The molecule has 5 nitrogen and oxygen atoms in total. The van der Waals surface area contributed by atoms with Gasteiger partial charge >= 0.3 is 0 Å². The number of hydrogen-bond acceptors (Lipinski definition) is 4. The number of primary amides is 1. The van der Waals surface area contributed by atoms with Gasteiger partial charge in [0, 0.05) is 12.2 Å². The van der Waals surface area contributed by atoms with Crippen molar-refractivity contribution in [3.05, 3.63) is 24.0 Å². The van der Waals surface area contributed by atoms with E-state index in [0.29, 0.717) is 11.7 Å². The predicted octanol–water partition coefficient (Wildman–Crippen LogP) is 0.950. The summed E-state index contributed by atoms with van der Waals surface area (Å²) in [5.74, 6) is -0.357. The summed E-state index contributed by atoms with van der Waals surface area (Å²) in [6.07, 6.45) is 6.10. The maximum atomic E-state index is 11.3. The molecule has 1 saturated carbocycles. The standard InChI is InChI=1S/C13H18N4OS/c14-11(18)8-17(9-4-1-2-5-9)10-6-3-7-16-12(10)13(15)19/h3,6-7,9H,1-2,4-5,8H2,(H2,14,18)(H2,15,19). The average Bonchev–Trinajstić information content (AvgIpc) is 2.89. The molecule has 1 heterocycles. The molecule has 1 aromatic heterocycles. The third-order valence-corrected chi connectivity index (χ3v) is 3.61. The van der Waals surface area contributed by atoms with Gasteiger partial charge in [0.05, 0.1) is 12.2 Å². The molecule has 0 unspecified atom stereocenters. The molecule has 0 aromatic carbocycles. The minimum Gasteiger partial charge on any atom is -0.388 e. The van der Waals surface area contributed by atoms with Crippen molar-refractivity contribution in [2.45, 2.75) is 31.7 Å². The second-order valence-electron chi connectivity index (χ2n) is 4.77. The van der Waals surface area contributed by atoms with E-state index in [1.54, 1.807) is 6.20 Å². The highest BCUT2D eigenvalue weighted by atomic mass is 32.1. The molecule has 0 aliphatic heterocycles. The molecule has 2 rings (SSSR count). The first kappa shape index (κ1) is 13.7. The molecule has 0 bridgehead atoms. The van der Waals surface area contributed by atoms with Crippen LogP contribution >= 0.6 is 12.2 Å². The van der Waals surface area contributed by atoms with Crippen LogP contribution in [0.4, 0.5) is 5.69 Å². The summed E-state index contributed by atoms with van der Waals surface area (Å²) in [4.78, 5) is 17.8. The highest BCUT2D eigenvalue weighted by Gasteiger charge is 2.26. The van der Waals surface area contributed by atoms with E-state index in [-0.39, 0.29) is 17.4 Å². The van der Waals surface area contributed by atoms with E-state index in [9.17, 15) is 4.79 Å². The fourth-order valence-electron chi connectivity index (χ4n) is 2.61. The van der Waals surface area contributed by atoms with Crippen molar-refractivity contribution < 1.29 is 4.79 Å². The van der Waals surface area contributed by atoms with Gasteiger partial charge in [-0.15, -0.1) is 0 Å². The van der Waals surface area contributed by atoms with Crippen LogP contribution in [-0.4, -0.2) is 28.5 Å². The van der Waals surface area contributed by atoms with Gasteiger partial charge in [-0.1, -0.05) is 25.1 Å². The first-order valence-electron chi connectivity index (χ1n) is 6.39. The number of thiocarbonyl (C=S) groups is 1. The second kappa shape index (κ2) is 5.97. The number of nitrogens with zero attached hydrogens (tertiary/aromatic N) is 2. The molecular weight excluding hydrogens is 260 g/mol. The van der Waals surface area contributed by atoms with E-state index in [1.165, 1.54) is 12.8 Å². The molecule has 102 valence electrons. The molecule has 1 aromatic rings. The van der Waals surface area contributed by atoms with Crippen molar-refractivity contribution in [3.8, 4) is 0 Å². The maximum absolute atomic E-state index is 11.3. The Morgan fingerprint density at radius 2 is 2.11 bits per heavy atom. The summed E-state index contributed by atoms with van der Waals surface area (Å²) in [7, 11) is 0. The molecule has 1 aliphatic rings. The molecule has 1 amide bonds. The van der Waals surface area contributed by atoms with E-state index in [2.05, 4.69) is 4.98 Å². The topological polar surface area (TPSA) is 85.2 Å². The Morgan fingerprint density at radius 1 is 1.42 bits per heavy atom. The van der Waals surface area contributed by atoms with Crippen LogP contribution < -0.4 is 16.4 Å². The van der Waals surface area contributed by atoms with Gasteiger partial charge in [0.2, 0.25) is 5.91 Å². The van der Waals surface area contributed by atoms with E-state index in [0.717, 1.165) is 18.5 Å². The number of pyridine rings is 1. The Morgan fingerprint density at radius 3 is 2.68 bits per heavy atom. The number of anilines is 1. The third-order valence-electron chi connectivity index (χ3n) is 3.42. The number of carbonyl (C=O) groups is 1. The van der Waals surface area contributed by atoms with Crippen molar-refractivity contribution in [1.82, 2.24) is 4.98 Å². The highest BCUT2D eigenvalue weighted by Crippen LogP contribution is 2.29. The van der Waals surface area contributed by atoms with Gasteiger partial charge in [0.25, 0.3) is 0 Å². The first-order valence-corrected chi connectivity index (χ1v) is 6.80. The van der Waals surface area contributed by atoms with E-state index >= 15 is 0 Å². The van der Waals surface area contributed by atoms with Crippen LogP contribution in [-0.2, 0) is 4.79 Å². The van der Waals surface area contributed by atoms with Crippen LogP contribution in [0.25, 0.3) is 0 Å². The Hall–Kier alpha value is -1.69. The zero-order chi connectivity index (χ0) is 13.8. The van der Waals surface area contributed by atoms with Crippen LogP contribution in [0.3, 0.4) is 0 Å². The largest absolute Gasteiger partial charge is 0.388 e. The summed E-state index contributed by atoms with van der Waals surface area (Å²) < 4.78 is 0. The zero-order valence-electron chi connectivity index (χ0n) is 10.7. The summed E-state index contributed by atoms with van der Waals surface area (Å²) in [6.45, 7) is 0.173. The summed E-state index contributed by atoms with van der Waals surface area (Å²) >= 11 is 5.03. The lowest BCUT2D eigenvalue weighted by Gasteiger charge is -2.31. The number of rotatable bonds is 5. The summed E-state index contributed by atoms with van der Waals surface area (Å²) in [5.41, 5.74) is 12.4. The van der Waals surface area contributed by atoms with Crippen molar-refractivity contribution in [2.75, 3.05) is 11.4 Å². The lowest BCUT2D eigenvalue weighted by Crippen LogP contribution is -2.41. The quantitative estimate of drug-likeness (QED) is 0.783. The van der Waals surface area contributed by atoms with Crippen LogP contribution in [0, 0.1) is 0 Å². The predicted molar refractivity (Wildman–Crippen MR) is 78.9 cm³/mol. The second-order valence-corrected chi connectivity index (χ2v) is 5.21. The Labute approximate surface area is 118 Å². The number of carbonyl (C=O) groups excluding carboxylic acids is 1. The van der Waals surface area contributed by atoms with Crippen molar-refractivity contribution in [3.63, 3.8) is 0 Å². The van der Waals surface area contributed by atoms with Gasteiger partial charge in [0.1, 0.15) is 10.7 Å². The molecule has 0 atom stereocenters. The molecule has 0 radical (unpaired) electrons. The van der Waals surface area contributed by atoms with Crippen LogP contribution in [0.1, 0.15) is 31.4 Å². The van der Waals surface area contributed by atoms with Crippen LogP contribution in [0.2, 0.25) is 0 Å². The molecule has 0 saturated heterocycles. The molecule has 1 fully saturated rings. The highest BCUT2D eigenvalue weighted by molar-refractivity contribution is 7.80. The normalized spacial score (nSPS) is 15.4. The minimum absolute atomic E-state index is 0.173. The molecule has 19 heavy (non-hydrogen) atoms. The first-order chi connectivity index (χ1) is 9.09. The van der Waals surface area contributed by atoms with Crippen LogP contribution in [0.5, 0.6) is 0 Å². The van der Waals surface area contributed by atoms with Gasteiger partial charge in [-0.05, 0) is 25.0 Å². The molecule has 1 aliphatic carbocycles. The molecule has 4 N–H and O–H groups in total.